The maximum atomic E-state index is 13.0. The molecular weight excluding hydrogens is 466 g/mol. The van der Waals surface area contributed by atoms with Crippen molar-refractivity contribution < 1.29 is 4.79 Å². The minimum absolute atomic E-state index is 0.242. The molecular formula is C27H29N9O. The summed E-state index contributed by atoms with van der Waals surface area (Å²) in [5.41, 5.74) is 10.8. The van der Waals surface area contributed by atoms with Gasteiger partial charge in [0.05, 0.1) is 11.9 Å². The zero-order chi connectivity index (χ0) is 25.8. The molecule has 0 aliphatic carbocycles. The quantitative estimate of drug-likeness (QED) is 0.247. The number of fused-ring (bicyclic) bond motifs is 1. The highest BCUT2D eigenvalue weighted by atomic mass is 16.1. The summed E-state index contributed by atoms with van der Waals surface area (Å²) in [6.07, 6.45) is 4.20. The molecule has 0 spiro atoms. The van der Waals surface area contributed by atoms with Gasteiger partial charge in [0, 0.05) is 72.5 Å². The molecule has 0 bridgehead atoms. The number of aromatic amines is 1. The molecule has 5 rings (SSSR count). The minimum Gasteiger partial charge on any atom is -0.404 e. The number of allylic oxidation sites excluding steroid dienone is 1. The maximum Gasteiger partial charge on any atom is 0.272 e. The molecule has 1 aliphatic rings. The van der Waals surface area contributed by atoms with Gasteiger partial charge < -0.3 is 36.6 Å². The van der Waals surface area contributed by atoms with Gasteiger partial charge in [-0.15, -0.1) is 5.10 Å². The monoisotopic (exact) mass is 495 g/mol. The van der Waals surface area contributed by atoms with Crippen molar-refractivity contribution in [2.45, 2.75) is 0 Å². The highest BCUT2D eigenvalue weighted by Crippen LogP contribution is 2.25. The van der Waals surface area contributed by atoms with E-state index in [1.165, 1.54) is 12.4 Å². The van der Waals surface area contributed by atoms with Crippen molar-refractivity contribution in [1.82, 2.24) is 20.1 Å². The topological polar surface area (TPSA) is 139 Å². The number of anilines is 4. The van der Waals surface area contributed by atoms with E-state index in [9.17, 15) is 4.79 Å². The van der Waals surface area contributed by atoms with Crippen LogP contribution >= 0.6 is 0 Å². The number of likely N-dealkylation sites (N-methyl/N-ethyl adjacent to an activating group) is 1. The fraction of sp³-hybridized carbons (Fsp3) is 0.185. The fourth-order valence-corrected chi connectivity index (χ4v) is 4.28. The molecule has 37 heavy (non-hydrogen) atoms. The third kappa shape index (κ3) is 5.44. The predicted molar refractivity (Wildman–Crippen MR) is 149 cm³/mol. The second kappa shape index (κ2) is 10.5. The average molecular weight is 496 g/mol. The second-order valence-electron chi connectivity index (χ2n) is 9.00. The molecule has 6 N–H and O–H groups in total. The van der Waals surface area contributed by atoms with Gasteiger partial charge in [0.15, 0.2) is 5.82 Å². The Balaban J connectivity index is 1.27. The van der Waals surface area contributed by atoms with Crippen molar-refractivity contribution in [2.24, 2.45) is 5.73 Å². The van der Waals surface area contributed by atoms with Crippen molar-refractivity contribution >= 4 is 51.5 Å². The number of nitrogens with two attached hydrogens (primary N) is 1. The van der Waals surface area contributed by atoms with Gasteiger partial charge >= 0.3 is 0 Å². The van der Waals surface area contributed by atoms with Crippen LogP contribution < -0.4 is 21.3 Å². The number of rotatable bonds is 7. The smallest absolute Gasteiger partial charge is 0.272 e. The molecule has 1 aliphatic heterocycles. The molecule has 4 aromatic rings. The number of amides is 1. The lowest BCUT2D eigenvalue weighted by Crippen LogP contribution is -2.44. The van der Waals surface area contributed by atoms with Gasteiger partial charge in [0.1, 0.15) is 5.69 Å². The molecule has 0 unspecified atom stereocenters. The zero-order valence-corrected chi connectivity index (χ0v) is 20.5. The van der Waals surface area contributed by atoms with Crippen LogP contribution in [0.4, 0.5) is 22.9 Å². The first-order valence-corrected chi connectivity index (χ1v) is 12.0. The van der Waals surface area contributed by atoms with Crippen LogP contribution in [0, 0.1) is 5.41 Å². The van der Waals surface area contributed by atoms with E-state index in [4.69, 9.17) is 11.1 Å². The number of benzene rings is 2. The van der Waals surface area contributed by atoms with E-state index in [1.807, 2.05) is 54.6 Å². The van der Waals surface area contributed by atoms with Crippen LogP contribution in [0.25, 0.3) is 16.5 Å². The molecule has 3 heterocycles. The molecule has 2 aromatic heterocycles. The van der Waals surface area contributed by atoms with Crippen LogP contribution in [0.2, 0.25) is 0 Å². The minimum atomic E-state index is -0.242. The van der Waals surface area contributed by atoms with Gasteiger partial charge in [0.25, 0.3) is 5.91 Å². The van der Waals surface area contributed by atoms with E-state index < -0.39 is 0 Å². The molecule has 2 aromatic carbocycles. The first kappa shape index (κ1) is 24.0. The third-order valence-corrected chi connectivity index (χ3v) is 6.44. The summed E-state index contributed by atoms with van der Waals surface area (Å²) in [7, 11) is 2.10. The van der Waals surface area contributed by atoms with Crippen molar-refractivity contribution in [3.8, 4) is 0 Å². The van der Waals surface area contributed by atoms with Gasteiger partial charge in [-0.05, 0) is 42.9 Å². The molecule has 1 saturated heterocycles. The number of carbonyl (C=O) groups excluding carboxylic acids is 1. The van der Waals surface area contributed by atoms with E-state index in [0.29, 0.717) is 17.0 Å². The van der Waals surface area contributed by atoms with Gasteiger partial charge in [-0.25, -0.2) is 0 Å². The molecule has 0 atom stereocenters. The summed E-state index contributed by atoms with van der Waals surface area (Å²) in [6.45, 7) is 3.68. The first-order chi connectivity index (χ1) is 18.0. The first-order valence-electron chi connectivity index (χ1n) is 12.0. The number of aromatic nitrogens is 3. The summed E-state index contributed by atoms with van der Waals surface area (Å²) in [5, 5.41) is 23.0. The highest BCUT2D eigenvalue weighted by Gasteiger charge is 2.17. The Bertz CT molecular complexity index is 1450. The molecule has 0 saturated carbocycles. The van der Waals surface area contributed by atoms with Crippen LogP contribution in [0.15, 0.2) is 67.0 Å². The van der Waals surface area contributed by atoms with E-state index in [0.717, 1.165) is 59.8 Å². The Morgan fingerprint density at radius 1 is 1.03 bits per heavy atom. The average Bonchev–Trinajstić information content (AvgIpc) is 3.35. The molecule has 1 amide bonds. The van der Waals surface area contributed by atoms with Crippen LogP contribution in [0.3, 0.4) is 0 Å². The Hall–Kier alpha value is -4.70. The fourth-order valence-electron chi connectivity index (χ4n) is 4.28. The summed E-state index contributed by atoms with van der Waals surface area (Å²) in [4.78, 5) is 20.6. The van der Waals surface area contributed by atoms with Crippen LogP contribution in [0.1, 0.15) is 16.1 Å². The second-order valence-corrected chi connectivity index (χ2v) is 9.00. The van der Waals surface area contributed by atoms with Gasteiger partial charge in [0.2, 0.25) is 0 Å². The number of carbonyl (C=O) groups is 1. The van der Waals surface area contributed by atoms with Gasteiger partial charge in [-0.3, -0.25) is 4.79 Å². The SMILES string of the molecule is CN1CCN(c2cc(NC(=O)c3cc4ccc(Nc5ccc(/C(C=N)=C/N)cc5)cc4[nH]3)cnn2)CC1. The van der Waals surface area contributed by atoms with Crippen LogP contribution in [0.5, 0.6) is 0 Å². The molecule has 1 fully saturated rings. The van der Waals surface area contributed by atoms with Crippen LogP contribution in [-0.4, -0.2) is 65.4 Å². The number of nitrogens with one attached hydrogen (secondary N) is 4. The van der Waals surface area contributed by atoms with E-state index in [2.05, 4.69) is 42.7 Å². The van der Waals surface area contributed by atoms with E-state index >= 15 is 0 Å². The predicted octanol–water partition coefficient (Wildman–Crippen LogP) is 3.65. The molecule has 10 heteroatoms. The van der Waals surface area contributed by atoms with Gasteiger partial charge in [-0.1, -0.05) is 18.2 Å². The van der Waals surface area contributed by atoms with Crippen molar-refractivity contribution in [3.63, 3.8) is 0 Å². The van der Waals surface area contributed by atoms with Crippen molar-refractivity contribution in [1.29, 1.82) is 5.41 Å². The van der Waals surface area contributed by atoms with Gasteiger partial charge in [-0.2, -0.15) is 5.10 Å². The number of hydrogen-bond acceptors (Lipinski definition) is 8. The van der Waals surface area contributed by atoms with Crippen LogP contribution in [-0.2, 0) is 0 Å². The Labute approximate surface area is 214 Å². The summed E-state index contributed by atoms with van der Waals surface area (Å²) in [5.74, 6) is 0.521. The summed E-state index contributed by atoms with van der Waals surface area (Å²) in [6, 6.07) is 17.3. The maximum absolute atomic E-state index is 13.0. The summed E-state index contributed by atoms with van der Waals surface area (Å²) >= 11 is 0. The lowest BCUT2D eigenvalue weighted by atomic mass is 10.1. The van der Waals surface area contributed by atoms with Crippen molar-refractivity contribution in [3.05, 3.63) is 78.3 Å². The Kier molecular flexibility index (Phi) is 6.82. The molecule has 10 nitrogen and oxygen atoms in total. The zero-order valence-electron chi connectivity index (χ0n) is 20.5. The Morgan fingerprint density at radius 2 is 1.78 bits per heavy atom. The number of hydrogen-bond donors (Lipinski definition) is 5. The van der Waals surface area contributed by atoms with E-state index in [-0.39, 0.29) is 5.91 Å². The molecule has 0 radical (unpaired) electrons. The lowest BCUT2D eigenvalue weighted by molar-refractivity contribution is 0.102. The lowest BCUT2D eigenvalue weighted by Gasteiger charge is -2.32. The number of piperazine rings is 1. The normalized spacial score (nSPS) is 14.5. The third-order valence-electron chi connectivity index (χ3n) is 6.44. The van der Waals surface area contributed by atoms with Crippen molar-refractivity contribution in [2.75, 3.05) is 48.8 Å². The Morgan fingerprint density at radius 3 is 2.51 bits per heavy atom. The largest absolute Gasteiger partial charge is 0.404 e. The number of H-pyrrole nitrogens is 1. The highest BCUT2D eigenvalue weighted by molar-refractivity contribution is 6.08. The van der Waals surface area contributed by atoms with E-state index in [1.54, 1.807) is 6.20 Å². The number of nitrogens with zero attached hydrogens (tertiary/aromatic N) is 4. The standard InChI is InChI=1S/C27H29N9O/c1-35-8-10-36(11-9-35)26-14-23(17-30-34-26)32-27(37)25-12-19-4-7-22(13-24(19)33-25)31-21-5-2-18(3-6-21)20(15-28)16-29/h2-7,12-17,28,31,33H,8-11,29H2,1H3,(H,32,34,37)/b20-16+,28-15?. The summed E-state index contributed by atoms with van der Waals surface area (Å²) < 4.78 is 0. The molecule has 188 valence electrons.